The van der Waals surface area contributed by atoms with Crippen molar-refractivity contribution < 1.29 is 19.1 Å². The zero-order chi connectivity index (χ0) is 24.5. The van der Waals surface area contributed by atoms with E-state index in [0.29, 0.717) is 23.1 Å². The van der Waals surface area contributed by atoms with Gasteiger partial charge in [-0.2, -0.15) is 0 Å². The van der Waals surface area contributed by atoms with Crippen LogP contribution in [0.15, 0.2) is 72.8 Å². The van der Waals surface area contributed by atoms with E-state index < -0.39 is 6.04 Å². The summed E-state index contributed by atoms with van der Waals surface area (Å²) in [6.07, 6.45) is 0.115. The lowest BCUT2D eigenvalue weighted by Gasteiger charge is -2.29. The standard InChI is InChI=1S/C27H29ClN2O4/c1-19(27(32)29-17-20-7-5-4-6-8-20)30(18-21-9-12-23(28)13-10-21)26(31)16-22-11-14-24(33-2)25(15-22)34-3/h4-15,19H,16-18H2,1-3H3,(H,29,32). The molecular formula is C27H29ClN2O4. The van der Waals surface area contributed by atoms with E-state index in [0.717, 1.165) is 16.7 Å². The first-order chi connectivity index (χ1) is 16.4. The van der Waals surface area contributed by atoms with Gasteiger partial charge in [0.15, 0.2) is 11.5 Å². The summed E-state index contributed by atoms with van der Waals surface area (Å²) in [6.45, 7) is 2.41. The van der Waals surface area contributed by atoms with Crippen LogP contribution in [-0.4, -0.2) is 37.0 Å². The Balaban J connectivity index is 1.78. The van der Waals surface area contributed by atoms with Crippen LogP contribution in [0.3, 0.4) is 0 Å². The van der Waals surface area contributed by atoms with Gasteiger partial charge in [0.2, 0.25) is 11.8 Å². The van der Waals surface area contributed by atoms with Crippen LogP contribution < -0.4 is 14.8 Å². The monoisotopic (exact) mass is 480 g/mol. The average Bonchev–Trinajstić information content (AvgIpc) is 2.86. The number of nitrogens with zero attached hydrogens (tertiary/aromatic N) is 1. The van der Waals surface area contributed by atoms with Crippen LogP contribution in [0.4, 0.5) is 0 Å². The summed E-state index contributed by atoms with van der Waals surface area (Å²) in [5.41, 5.74) is 2.64. The van der Waals surface area contributed by atoms with Gasteiger partial charge in [-0.1, -0.05) is 60.1 Å². The van der Waals surface area contributed by atoms with E-state index in [2.05, 4.69) is 5.32 Å². The molecule has 0 saturated carbocycles. The molecule has 6 nitrogen and oxygen atoms in total. The molecule has 2 amide bonds. The highest BCUT2D eigenvalue weighted by Gasteiger charge is 2.26. The van der Waals surface area contributed by atoms with Crippen LogP contribution in [0.25, 0.3) is 0 Å². The SMILES string of the molecule is COc1ccc(CC(=O)N(Cc2ccc(Cl)cc2)C(C)C(=O)NCc2ccccc2)cc1OC. The smallest absolute Gasteiger partial charge is 0.242 e. The van der Waals surface area contributed by atoms with Gasteiger partial charge in [0.1, 0.15) is 6.04 Å². The molecule has 0 saturated heterocycles. The summed E-state index contributed by atoms with van der Waals surface area (Å²) in [6, 6.07) is 21.6. The molecule has 1 atom stereocenters. The number of hydrogen-bond acceptors (Lipinski definition) is 4. The van der Waals surface area contributed by atoms with Gasteiger partial charge in [-0.25, -0.2) is 0 Å². The van der Waals surface area contributed by atoms with Crippen molar-refractivity contribution in [1.82, 2.24) is 10.2 Å². The Kier molecular flexibility index (Phi) is 8.93. The maximum absolute atomic E-state index is 13.4. The van der Waals surface area contributed by atoms with Crippen molar-refractivity contribution in [2.45, 2.75) is 32.5 Å². The molecule has 7 heteroatoms. The lowest BCUT2D eigenvalue weighted by atomic mass is 10.1. The molecule has 0 fully saturated rings. The molecular weight excluding hydrogens is 452 g/mol. The predicted octanol–water partition coefficient (Wildman–Crippen LogP) is 4.63. The maximum atomic E-state index is 13.4. The fourth-order valence-electron chi connectivity index (χ4n) is 3.57. The summed E-state index contributed by atoms with van der Waals surface area (Å²) in [5, 5.41) is 3.55. The third-order valence-corrected chi connectivity index (χ3v) is 5.80. The zero-order valence-electron chi connectivity index (χ0n) is 19.6. The molecule has 0 bridgehead atoms. The van der Waals surface area contributed by atoms with Crippen molar-refractivity contribution in [3.63, 3.8) is 0 Å². The van der Waals surface area contributed by atoms with E-state index in [1.807, 2.05) is 48.5 Å². The molecule has 3 aromatic carbocycles. The van der Waals surface area contributed by atoms with Crippen molar-refractivity contribution in [2.24, 2.45) is 0 Å². The molecule has 34 heavy (non-hydrogen) atoms. The molecule has 0 radical (unpaired) electrons. The van der Waals surface area contributed by atoms with Crippen LogP contribution >= 0.6 is 11.6 Å². The minimum absolute atomic E-state index is 0.115. The summed E-state index contributed by atoms with van der Waals surface area (Å²) < 4.78 is 10.6. The van der Waals surface area contributed by atoms with E-state index in [4.69, 9.17) is 21.1 Å². The van der Waals surface area contributed by atoms with Gasteiger partial charge < -0.3 is 19.7 Å². The molecule has 0 heterocycles. The number of nitrogens with one attached hydrogen (secondary N) is 1. The largest absolute Gasteiger partial charge is 0.493 e. The van der Waals surface area contributed by atoms with Crippen molar-refractivity contribution >= 4 is 23.4 Å². The highest BCUT2D eigenvalue weighted by Crippen LogP contribution is 2.28. The first kappa shape index (κ1) is 25.1. The van der Waals surface area contributed by atoms with Gasteiger partial charge >= 0.3 is 0 Å². The van der Waals surface area contributed by atoms with Crippen molar-refractivity contribution in [3.05, 3.63) is 94.5 Å². The molecule has 3 rings (SSSR count). The summed E-state index contributed by atoms with van der Waals surface area (Å²) in [4.78, 5) is 28.0. The predicted molar refractivity (Wildman–Crippen MR) is 133 cm³/mol. The van der Waals surface area contributed by atoms with Crippen LogP contribution in [-0.2, 0) is 29.1 Å². The first-order valence-corrected chi connectivity index (χ1v) is 11.4. The van der Waals surface area contributed by atoms with Crippen LogP contribution in [0, 0.1) is 0 Å². The summed E-state index contributed by atoms with van der Waals surface area (Å²) >= 11 is 6.02. The lowest BCUT2D eigenvalue weighted by Crippen LogP contribution is -2.48. The van der Waals surface area contributed by atoms with Gasteiger partial charge in [-0.15, -0.1) is 0 Å². The number of benzene rings is 3. The number of ether oxygens (including phenoxy) is 2. The Bertz CT molecular complexity index is 1100. The molecule has 1 N–H and O–H groups in total. The Hall–Kier alpha value is -3.51. The van der Waals surface area contributed by atoms with E-state index in [1.165, 1.54) is 0 Å². The van der Waals surface area contributed by atoms with Gasteiger partial charge in [-0.05, 0) is 47.9 Å². The lowest BCUT2D eigenvalue weighted by molar-refractivity contribution is -0.140. The van der Waals surface area contributed by atoms with Crippen LogP contribution in [0.2, 0.25) is 5.02 Å². The molecule has 0 spiro atoms. The Morgan fingerprint density at radius 2 is 1.53 bits per heavy atom. The number of amides is 2. The fourth-order valence-corrected chi connectivity index (χ4v) is 3.69. The topological polar surface area (TPSA) is 67.9 Å². The van der Waals surface area contributed by atoms with Gasteiger partial charge in [0, 0.05) is 18.1 Å². The number of carbonyl (C=O) groups is 2. The van der Waals surface area contributed by atoms with E-state index in [-0.39, 0.29) is 24.8 Å². The highest BCUT2D eigenvalue weighted by atomic mass is 35.5. The number of hydrogen-bond donors (Lipinski definition) is 1. The first-order valence-electron chi connectivity index (χ1n) is 11.0. The second-order valence-corrected chi connectivity index (χ2v) is 8.33. The van der Waals surface area contributed by atoms with Gasteiger partial charge in [-0.3, -0.25) is 9.59 Å². The molecule has 0 aromatic heterocycles. The highest BCUT2D eigenvalue weighted by molar-refractivity contribution is 6.30. The second kappa shape index (κ2) is 12.1. The number of halogens is 1. The van der Waals surface area contributed by atoms with E-state index in [9.17, 15) is 9.59 Å². The fraction of sp³-hybridized carbons (Fsp3) is 0.259. The average molecular weight is 481 g/mol. The van der Waals surface area contributed by atoms with E-state index in [1.54, 1.807) is 50.3 Å². The van der Waals surface area contributed by atoms with Gasteiger partial charge in [0.25, 0.3) is 0 Å². The third kappa shape index (κ3) is 6.75. The zero-order valence-corrected chi connectivity index (χ0v) is 20.3. The third-order valence-electron chi connectivity index (χ3n) is 5.55. The molecule has 0 aliphatic rings. The number of carbonyl (C=O) groups excluding carboxylic acids is 2. The minimum Gasteiger partial charge on any atom is -0.493 e. The number of rotatable bonds is 10. The maximum Gasteiger partial charge on any atom is 0.242 e. The minimum atomic E-state index is -0.674. The quantitative estimate of drug-likeness (QED) is 0.459. The van der Waals surface area contributed by atoms with Crippen LogP contribution in [0.5, 0.6) is 11.5 Å². The Labute approximate surface area is 205 Å². The van der Waals surface area contributed by atoms with Crippen LogP contribution in [0.1, 0.15) is 23.6 Å². The van der Waals surface area contributed by atoms with Gasteiger partial charge in [0.05, 0.1) is 20.6 Å². The normalized spacial score (nSPS) is 11.4. The van der Waals surface area contributed by atoms with Crippen molar-refractivity contribution in [1.29, 1.82) is 0 Å². The summed E-state index contributed by atoms with van der Waals surface area (Å²) in [5.74, 6) is 0.735. The molecule has 0 aliphatic carbocycles. The Morgan fingerprint density at radius 1 is 0.882 bits per heavy atom. The van der Waals surface area contributed by atoms with E-state index >= 15 is 0 Å². The molecule has 178 valence electrons. The number of methoxy groups -OCH3 is 2. The van der Waals surface area contributed by atoms with Crippen molar-refractivity contribution in [2.75, 3.05) is 14.2 Å². The molecule has 0 aliphatic heterocycles. The Morgan fingerprint density at radius 3 is 2.18 bits per heavy atom. The second-order valence-electron chi connectivity index (χ2n) is 7.89. The molecule has 1 unspecified atom stereocenters. The van der Waals surface area contributed by atoms with Crippen molar-refractivity contribution in [3.8, 4) is 11.5 Å². The molecule has 3 aromatic rings. The summed E-state index contributed by atoms with van der Waals surface area (Å²) in [7, 11) is 3.11.